The van der Waals surface area contributed by atoms with Gasteiger partial charge in [0.2, 0.25) is 0 Å². The maximum Gasteiger partial charge on any atom is 0.254 e. The molecule has 6 heteroatoms. The van der Waals surface area contributed by atoms with Crippen molar-refractivity contribution in [1.29, 1.82) is 0 Å². The molecule has 0 bridgehead atoms. The summed E-state index contributed by atoms with van der Waals surface area (Å²) in [6.45, 7) is 2.96. The second-order valence-electron chi connectivity index (χ2n) is 7.05. The number of anilines is 2. The van der Waals surface area contributed by atoms with Crippen LogP contribution in [0.1, 0.15) is 10.4 Å². The third-order valence-electron chi connectivity index (χ3n) is 5.13. The van der Waals surface area contributed by atoms with Gasteiger partial charge in [0.25, 0.3) is 5.91 Å². The van der Waals surface area contributed by atoms with E-state index in [4.69, 9.17) is 4.74 Å². The molecule has 1 amide bonds. The average Bonchev–Trinajstić information content (AvgIpc) is 2.83. The minimum absolute atomic E-state index is 0.0804. The summed E-state index contributed by atoms with van der Waals surface area (Å²) in [7, 11) is 1.69. The standard InChI is InChI=1S/C24H25N3O2S/c1-29-23-13-6-5-12-22(23)26-14-16-27(17-15-26)24(28)19-8-7-11-21(18-19)30-25-20-9-3-2-4-10-20/h2-13,18,25H,14-17H2,1H3. The minimum Gasteiger partial charge on any atom is -0.495 e. The number of ether oxygens (including phenoxy) is 1. The molecule has 154 valence electrons. The van der Waals surface area contributed by atoms with Crippen LogP contribution in [-0.4, -0.2) is 44.1 Å². The van der Waals surface area contributed by atoms with Crippen LogP contribution in [0.3, 0.4) is 0 Å². The minimum atomic E-state index is 0.0804. The third-order valence-corrected chi connectivity index (χ3v) is 5.96. The van der Waals surface area contributed by atoms with Crippen molar-refractivity contribution in [3.63, 3.8) is 0 Å². The van der Waals surface area contributed by atoms with E-state index in [0.717, 1.165) is 40.7 Å². The molecule has 1 fully saturated rings. The number of carbonyl (C=O) groups is 1. The van der Waals surface area contributed by atoms with Gasteiger partial charge in [-0.2, -0.15) is 0 Å². The molecule has 0 unspecified atom stereocenters. The summed E-state index contributed by atoms with van der Waals surface area (Å²) in [5.74, 6) is 0.949. The highest BCUT2D eigenvalue weighted by molar-refractivity contribution is 8.00. The molecule has 1 aliphatic rings. The first-order valence-corrected chi connectivity index (χ1v) is 10.8. The number of rotatable bonds is 6. The van der Waals surface area contributed by atoms with Crippen LogP contribution in [0.4, 0.5) is 11.4 Å². The van der Waals surface area contributed by atoms with Gasteiger partial charge in [0.1, 0.15) is 5.75 Å². The zero-order valence-electron chi connectivity index (χ0n) is 17.0. The van der Waals surface area contributed by atoms with E-state index in [1.54, 1.807) is 7.11 Å². The number of amides is 1. The van der Waals surface area contributed by atoms with E-state index in [2.05, 4.69) is 15.7 Å². The highest BCUT2D eigenvalue weighted by atomic mass is 32.2. The van der Waals surface area contributed by atoms with Crippen LogP contribution in [0.5, 0.6) is 5.75 Å². The van der Waals surface area contributed by atoms with Crippen LogP contribution in [0.25, 0.3) is 0 Å². The van der Waals surface area contributed by atoms with E-state index in [0.29, 0.717) is 13.1 Å². The van der Waals surface area contributed by atoms with Gasteiger partial charge >= 0.3 is 0 Å². The van der Waals surface area contributed by atoms with Crippen LogP contribution in [-0.2, 0) is 0 Å². The van der Waals surface area contributed by atoms with E-state index >= 15 is 0 Å². The van der Waals surface area contributed by atoms with Crippen molar-refractivity contribution < 1.29 is 9.53 Å². The molecule has 1 aliphatic heterocycles. The van der Waals surface area contributed by atoms with Gasteiger partial charge < -0.3 is 19.3 Å². The number of methoxy groups -OCH3 is 1. The van der Waals surface area contributed by atoms with Gasteiger partial charge in [0.15, 0.2) is 0 Å². The number of benzene rings is 3. The fourth-order valence-corrected chi connectivity index (χ4v) is 4.24. The summed E-state index contributed by atoms with van der Waals surface area (Å²) in [4.78, 5) is 18.3. The largest absolute Gasteiger partial charge is 0.495 e. The van der Waals surface area contributed by atoms with Crippen molar-refractivity contribution in [2.45, 2.75) is 4.90 Å². The van der Waals surface area contributed by atoms with Crippen LogP contribution in [0.2, 0.25) is 0 Å². The molecular formula is C24H25N3O2S. The number of nitrogens with one attached hydrogen (secondary N) is 1. The van der Waals surface area contributed by atoms with Gasteiger partial charge in [-0.3, -0.25) is 4.79 Å². The zero-order valence-corrected chi connectivity index (χ0v) is 17.8. The molecule has 0 radical (unpaired) electrons. The van der Waals surface area contributed by atoms with Crippen LogP contribution < -0.4 is 14.4 Å². The summed E-state index contributed by atoms with van der Waals surface area (Å²) in [6, 6.07) is 25.8. The van der Waals surface area contributed by atoms with Gasteiger partial charge in [0, 0.05) is 42.3 Å². The molecule has 30 heavy (non-hydrogen) atoms. The maximum atomic E-state index is 13.0. The Labute approximate surface area is 181 Å². The second kappa shape index (κ2) is 9.59. The number of nitrogens with zero attached hydrogens (tertiary/aromatic N) is 2. The highest BCUT2D eigenvalue weighted by Gasteiger charge is 2.23. The summed E-state index contributed by atoms with van der Waals surface area (Å²) in [5.41, 5.74) is 2.84. The SMILES string of the molecule is COc1ccccc1N1CCN(C(=O)c2cccc(SNc3ccccc3)c2)CC1. The number of piperazine rings is 1. The fraction of sp³-hybridized carbons (Fsp3) is 0.208. The Hall–Kier alpha value is -3.12. The quantitative estimate of drug-likeness (QED) is 0.583. The van der Waals surface area contributed by atoms with E-state index < -0.39 is 0 Å². The molecule has 0 aliphatic carbocycles. The lowest BCUT2D eigenvalue weighted by molar-refractivity contribution is 0.0746. The Morgan fingerprint density at radius 2 is 1.63 bits per heavy atom. The molecule has 5 nitrogen and oxygen atoms in total. The van der Waals surface area contributed by atoms with Gasteiger partial charge in [-0.1, -0.05) is 36.4 Å². The first kappa shape index (κ1) is 20.2. The Bertz CT molecular complexity index is 989. The van der Waals surface area contributed by atoms with Crippen molar-refractivity contribution in [1.82, 2.24) is 4.90 Å². The van der Waals surface area contributed by atoms with Crippen LogP contribution in [0, 0.1) is 0 Å². The number of carbonyl (C=O) groups excluding carboxylic acids is 1. The van der Waals surface area contributed by atoms with Gasteiger partial charge in [-0.25, -0.2) is 0 Å². The summed E-state index contributed by atoms with van der Waals surface area (Å²) >= 11 is 1.51. The van der Waals surface area contributed by atoms with Crippen molar-refractivity contribution >= 4 is 29.2 Å². The number of hydrogen-bond donors (Lipinski definition) is 1. The molecule has 0 spiro atoms. The molecule has 1 N–H and O–H groups in total. The normalized spacial score (nSPS) is 13.8. The highest BCUT2D eigenvalue weighted by Crippen LogP contribution is 2.29. The van der Waals surface area contributed by atoms with E-state index in [1.165, 1.54) is 11.9 Å². The Kier molecular flexibility index (Phi) is 6.44. The van der Waals surface area contributed by atoms with E-state index in [-0.39, 0.29) is 5.91 Å². The van der Waals surface area contributed by atoms with Crippen LogP contribution in [0.15, 0.2) is 83.8 Å². The summed E-state index contributed by atoms with van der Waals surface area (Å²) in [6.07, 6.45) is 0. The van der Waals surface area contributed by atoms with Crippen LogP contribution >= 0.6 is 11.9 Å². The van der Waals surface area contributed by atoms with Crippen molar-refractivity contribution in [2.24, 2.45) is 0 Å². The zero-order chi connectivity index (χ0) is 20.8. The van der Waals surface area contributed by atoms with Gasteiger partial charge in [0.05, 0.1) is 12.8 Å². The lowest BCUT2D eigenvalue weighted by Gasteiger charge is -2.36. The predicted molar refractivity (Wildman–Crippen MR) is 123 cm³/mol. The molecule has 3 aromatic rings. The summed E-state index contributed by atoms with van der Waals surface area (Å²) < 4.78 is 8.79. The molecule has 1 heterocycles. The smallest absolute Gasteiger partial charge is 0.254 e. The van der Waals surface area contributed by atoms with Gasteiger partial charge in [-0.05, 0) is 54.4 Å². The molecule has 0 aromatic heterocycles. The number of hydrogen-bond acceptors (Lipinski definition) is 5. The summed E-state index contributed by atoms with van der Waals surface area (Å²) in [5, 5.41) is 0. The lowest BCUT2D eigenvalue weighted by atomic mass is 10.1. The third kappa shape index (κ3) is 4.71. The topological polar surface area (TPSA) is 44.8 Å². The first-order valence-electron chi connectivity index (χ1n) is 10.00. The second-order valence-corrected chi connectivity index (χ2v) is 7.93. The molecular weight excluding hydrogens is 394 g/mol. The molecule has 3 aromatic carbocycles. The molecule has 0 atom stereocenters. The number of para-hydroxylation sites is 3. The average molecular weight is 420 g/mol. The van der Waals surface area contributed by atoms with Crippen molar-refractivity contribution in [3.8, 4) is 5.75 Å². The van der Waals surface area contributed by atoms with Gasteiger partial charge in [-0.15, -0.1) is 0 Å². The van der Waals surface area contributed by atoms with E-state index in [9.17, 15) is 4.79 Å². The van der Waals surface area contributed by atoms with Crippen molar-refractivity contribution in [2.75, 3.05) is 42.9 Å². The Morgan fingerprint density at radius 3 is 2.40 bits per heavy atom. The molecule has 1 saturated heterocycles. The lowest BCUT2D eigenvalue weighted by Crippen LogP contribution is -2.48. The first-order chi connectivity index (χ1) is 14.7. The molecule has 0 saturated carbocycles. The Morgan fingerprint density at radius 1 is 0.900 bits per heavy atom. The maximum absolute atomic E-state index is 13.0. The van der Waals surface area contributed by atoms with E-state index in [1.807, 2.05) is 77.7 Å². The Balaban J connectivity index is 1.37. The monoisotopic (exact) mass is 419 g/mol. The van der Waals surface area contributed by atoms with Crippen molar-refractivity contribution in [3.05, 3.63) is 84.4 Å². The molecule has 4 rings (SSSR count). The predicted octanol–water partition coefficient (Wildman–Crippen LogP) is 4.78. The fourth-order valence-electron chi connectivity index (χ4n) is 3.54.